The van der Waals surface area contributed by atoms with Gasteiger partial charge in [0.25, 0.3) is 0 Å². The highest BCUT2D eigenvalue weighted by molar-refractivity contribution is 9.10. The van der Waals surface area contributed by atoms with Crippen LogP contribution in [0.15, 0.2) is 10.7 Å². The third-order valence-corrected chi connectivity index (χ3v) is 3.60. The van der Waals surface area contributed by atoms with E-state index in [0.29, 0.717) is 5.82 Å². The molecule has 0 unspecified atom stereocenters. The Bertz CT molecular complexity index is 591. The number of hydrogen-bond donors (Lipinski definition) is 1. The first-order valence-corrected chi connectivity index (χ1v) is 7.10. The Labute approximate surface area is 121 Å². The molecule has 2 heterocycles. The van der Waals surface area contributed by atoms with Gasteiger partial charge in [-0.15, -0.1) is 0 Å². The number of halogens is 1. The van der Waals surface area contributed by atoms with Gasteiger partial charge in [-0.25, -0.2) is 9.97 Å². The summed E-state index contributed by atoms with van der Waals surface area (Å²) in [6.07, 6.45) is 2.84. The van der Waals surface area contributed by atoms with Gasteiger partial charge in [0.05, 0.1) is 15.7 Å². The van der Waals surface area contributed by atoms with Crippen molar-refractivity contribution in [1.82, 2.24) is 19.7 Å². The fourth-order valence-electron chi connectivity index (χ4n) is 1.95. The van der Waals surface area contributed by atoms with Crippen molar-refractivity contribution in [2.45, 2.75) is 27.2 Å². The number of anilines is 1. The van der Waals surface area contributed by atoms with Crippen molar-refractivity contribution in [2.24, 2.45) is 7.05 Å². The Morgan fingerprint density at radius 3 is 2.68 bits per heavy atom. The van der Waals surface area contributed by atoms with E-state index in [1.807, 2.05) is 25.6 Å². The highest BCUT2D eigenvalue weighted by Gasteiger charge is 2.15. The van der Waals surface area contributed by atoms with Gasteiger partial charge in [0.15, 0.2) is 5.82 Å². The predicted octanol–water partition coefficient (Wildman–Crippen LogP) is 3.08. The maximum atomic E-state index is 4.59. The van der Waals surface area contributed by atoms with Crippen molar-refractivity contribution in [2.75, 3.05) is 11.9 Å². The molecule has 0 aliphatic rings. The average molecular weight is 324 g/mol. The van der Waals surface area contributed by atoms with Crippen LogP contribution in [0.25, 0.3) is 11.4 Å². The lowest BCUT2D eigenvalue weighted by molar-refractivity contribution is 0.731. The molecular formula is C13H18BrN5. The van der Waals surface area contributed by atoms with E-state index in [1.165, 1.54) is 0 Å². The summed E-state index contributed by atoms with van der Waals surface area (Å²) in [7, 11) is 1.93. The molecular weight excluding hydrogens is 306 g/mol. The smallest absolute Gasteiger partial charge is 0.165 e. The van der Waals surface area contributed by atoms with E-state index in [-0.39, 0.29) is 0 Å². The fraction of sp³-hybridized carbons (Fsp3) is 0.462. The maximum Gasteiger partial charge on any atom is 0.165 e. The summed E-state index contributed by atoms with van der Waals surface area (Å²) in [6.45, 7) is 7.02. The van der Waals surface area contributed by atoms with Crippen molar-refractivity contribution >= 4 is 21.7 Å². The second-order valence-electron chi connectivity index (χ2n) is 4.49. The quantitative estimate of drug-likeness (QED) is 0.939. The van der Waals surface area contributed by atoms with E-state index in [4.69, 9.17) is 0 Å². The standard InChI is InChI=1S/C13H18BrN5/c1-5-6-15-12-10(14)7-16-13(17-12)11-8(2)18-19(4)9(11)3/h7H,5-6H2,1-4H3,(H,15,16,17). The van der Waals surface area contributed by atoms with Gasteiger partial charge in [0.1, 0.15) is 5.82 Å². The third kappa shape index (κ3) is 2.78. The van der Waals surface area contributed by atoms with Crippen LogP contribution in [0.2, 0.25) is 0 Å². The minimum atomic E-state index is 0.713. The Kier molecular flexibility index (Phi) is 4.19. The number of aryl methyl sites for hydroxylation is 2. The molecule has 2 aromatic rings. The molecule has 5 nitrogen and oxygen atoms in total. The average Bonchev–Trinajstić information content (AvgIpc) is 2.63. The first-order chi connectivity index (χ1) is 9.04. The van der Waals surface area contributed by atoms with Crippen molar-refractivity contribution in [3.63, 3.8) is 0 Å². The summed E-state index contributed by atoms with van der Waals surface area (Å²) in [4.78, 5) is 8.99. The van der Waals surface area contributed by atoms with Gasteiger partial charge < -0.3 is 5.32 Å². The highest BCUT2D eigenvalue weighted by atomic mass is 79.9. The minimum Gasteiger partial charge on any atom is -0.369 e. The van der Waals surface area contributed by atoms with Gasteiger partial charge in [0.2, 0.25) is 0 Å². The molecule has 102 valence electrons. The van der Waals surface area contributed by atoms with Gasteiger partial charge in [-0.3, -0.25) is 4.68 Å². The number of nitrogens with zero attached hydrogens (tertiary/aromatic N) is 4. The summed E-state index contributed by atoms with van der Waals surface area (Å²) in [6, 6.07) is 0. The van der Waals surface area contributed by atoms with Crippen LogP contribution in [-0.2, 0) is 7.05 Å². The molecule has 0 amide bonds. The Balaban J connectivity index is 2.45. The highest BCUT2D eigenvalue weighted by Crippen LogP contribution is 2.27. The summed E-state index contributed by atoms with van der Waals surface area (Å²) in [5.74, 6) is 1.54. The van der Waals surface area contributed by atoms with Gasteiger partial charge in [0, 0.05) is 25.5 Å². The van der Waals surface area contributed by atoms with Crippen LogP contribution in [0.5, 0.6) is 0 Å². The summed E-state index contributed by atoms with van der Waals surface area (Å²) < 4.78 is 2.73. The maximum absolute atomic E-state index is 4.59. The van der Waals surface area contributed by atoms with E-state index in [1.54, 1.807) is 6.20 Å². The van der Waals surface area contributed by atoms with Crippen LogP contribution in [-0.4, -0.2) is 26.3 Å². The molecule has 0 aliphatic carbocycles. The monoisotopic (exact) mass is 323 g/mol. The molecule has 1 N–H and O–H groups in total. The zero-order valence-electron chi connectivity index (χ0n) is 11.7. The molecule has 2 rings (SSSR count). The molecule has 0 atom stereocenters. The van der Waals surface area contributed by atoms with E-state index >= 15 is 0 Å². The van der Waals surface area contributed by atoms with Crippen LogP contribution >= 0.6 is 15.9 Å². The van der Waals surface area contributed by atoms with Crippen LogP contribution in [0.4, 0.5) is 5.82 Å². The lowest BCUT2D eigenvalue weighted by atomic mass is 10.2. The van der Waals surface area contributed by atoms with Crippen molar-refractivity contribution < 1.29 is 0 Å². The first-order valence-electron chi connectivity index (χ1n) is 6.31. The zero-order chi connectivity index (χ0) is 14.0. The topological polar surface area (TPSA) is 55.6 Å². The lowest BCUT2D eigenvalue weighted by Gasteiger charge is -2.08. The van der Waals surface area contributed by atoms with Gasteiger partial charge >= 0.3 is 0 Å². The summed E-state index contributed by atoms with van der Waals surface area (Å²) >= 11 is 3.47. The zero-order valence-corrected chi connectivity index (χ0v) is 13.2. The first kappa shape index (κ1) is 14.0. The number of rotatable bonds is 4. The van der Waals surface area contributed by atoms with Crippen molar-refractivity contribution in [1.29, 1.82) is 0 Å². The molecule has 0 bridgehead atoms. The molecule has 0 spiro atoms. The number of nitrogens with one attached hydrogen (secondary N) is 1. The van der Waals surface area contributed by atoms with E-state index < -0.39 is 0 Å². The fourth-order valence-corrected chi connectivity index (χ4v) is 2.28. The summed E-state index contributed by atoms with van der Waals surface area (Å²) in [5, 5.41) is 7.70. The molecule has 0 fully saturated rings. The second-order valence-corrected chi connectivity index (χ2v) is 5.34. The number of hydrogen-bond acceptors (Lipinski definition) is 4. The molecule has 0 aliphatic heterocycles. The van der Waals surface area contributed by atoms with Crippen LogP contribution in [0, 0.1) is 13.8 Å². The van der Waals surface area contributed by atoms with E-state index in [2.05, 4.69) is 43.2 Å². The Morgan fingerprint density at radius 1 is 1.37 bits per heavy atom. The van der Waals surface area contributed by atoms with E-state index in [0.717, 1.165) is 40.2 Å². The van der Waals surface area contributed by atoms with Crippen LogP contribution in [0.3, 0.4) is 0 Å². The normalized spacial score (nSPS) is 10.8. The molecule has 19 heavy (non-hydrogen) atoms. The van der Waals surface area contributed by atoms with Gasteiger partial charge in [-0.2, -0.15) is 5.10 Å². The van der Waals surface area contributed by atoms with Crippen molar-refractivity contribution in [3.05, 3.63) is 22.1 Å². The summed E-state index contributed by atoms with van der Waals surface area (Å²) in [5.41, 5.74) is 3.03. The van der Waals surface area contributed by atoms with Crippen LogP contribution in [0.1, 0.15) is 24.7 Å². The van der Waals surface area contributed by atoms with Gasteiger partial charge in [-0.1, -0.05) is 6.92 Å². The SMILES string of the molecule is CCCNc1nc(-c2c(C)nn(C)c2C)ncc1Br. The molecule has 2 aromatic heterocycles. The molecule has 0 saturated carbocycles. The van der Waals surface area contributed by atoms with Crippen molar-refractivity contribution in [3.8, 4) is 11.4 Å². The number of aromatic nitrogens is 4. The molecule has 0 saturated heterocycles. The Hall–Kier alpha value is -1.43. The molecule has 0 radical (unpaired) electrons. The molecule has 6 heteroatoms. The Morgan fingerprint density at radius 2 is 2.11 bits per heavy atom. The van der Waals surface area contributed by atoms with Crippen LogP contribution < -0.4 is 5.32 Å². The lowest BCUT2D eigenvalue weighted by Crippen LogP contribution is -2.04. The van der Waals surface area contributed by atoms with Gasteiger partial charge in [-0.05, 0) is 36.2 Å². The molecule has 0 aromatic carbocycles. The minimum absolute atomic E-state index is 0.713. The second kappa shape index (κ2) is 5.69. The predicted molar refractivity (Wildman–Crippen MR) is 80.2 cm³/mol. The largest absolute Gasteiger partial charge is 0.369 e. The third-order valence-electron chi connectivity index (χ3n) is 3.02. The van der Waals surface area contributed by atoms with E-state index in [9.17, 15) is 0 Å².